The zero-order chi connectivity index (χ0) is 17.6. The minimum atomic E-state index is -0.400. The molecule has 0 saturated heterocycles. The van der Waals surface area contributed by atoms with E-state index in [-0.39, 0.29) is 5.69 Å². The molecule has 0 aliphatic heterocycles. The van der Waals surface area contributed by atoms with Crippen LogP contribution < -0.4 is 5.73 Å². The molecular weight excluding hydrogens is 312 g/mol. The lowest BCUT2D eigenvalue weighted by Crippen LogP contribution is -1.98. The first-order valence-electron chi connectivity index (χ1n) is 7.99. The molecule has 0 heterocycles. The molecule has 0 aliphatic rings. The number of non-ortho nitro benzene ring substituents is 1. The van der Waals surface area contributed by atoms with Crippen LogP contribution in [0, 0.1) is 10.1 Å². The van der Waals surface area contributed by atoms with E-state index in [9.17, 15) is 10.1 Å². The third-order valence-corrected chi connectivity index (χ3v) is 4.01. The number of nitrogens with zero attached hydrogens (tertiary/aromatic N) is 1. The fourth-order valence-corrected chi connectivity index (χ4v) is 2.73. The Balaban J connectivity index is 2.09. The van der Waals surface area contributed by atoms with Crippen molar-refractivity contribution >= 4 is 16.9 Å². The standard InChI is InChI=1S/C21H18N2O2/c22-21-14-12-18(23(24)25)15-20(21)19(17-9-5-2-6-10-17)13-11-16-7-3-1-4-8-16/h1-10,12-15H,11,22H2. The monoisotopic (exact) mass is 330 g/mol. The van der Waals surface area contributed by atoms with Gasteiger partial charge in [-0.25, -0.2) is 0 Å². The van der Waals surface area contributed by atoms with E-state index in [0.717, 1.165) is 11.1 Å². The van der Waals surface area contributed by atoms with Crippen molar-refractivity contribution in [1.82, 2.24) is 0 Å². The number of nitro benzene ring substituents is 1. The molecule has 0 atom stereocenters. The van der Waals surface area contributed by atoms with Crippen molar-refractivity contribution in [3.8, 4) is 0 Å². The first kappa shape index (κ1) is 16.5. The maximum Gasteiger partial charge on any atom is 0.270 e. The third-order valence-electron chi connectivity index (χ3n) is 4.01. The molecule has 3 aromatic carbocycles. The smallest absolute Gasteiger partial charge is 0.270 e. The van der Waals surface area contributed by atoms with E-state index < -0.39 is 4.92 Å². The summed E-state index contributed by atoms with van der Waals surface area (Å²) in [5, 5.41) is 11.1. The van der Waals surface area contributed by atoms with E-state index in [1.807, 2.05) is 48.5 Å². The number of allylic oxidation sites excluding steroid dienone is 1. The van der Waals surface area contributed by atoms with Crippen LogP contribution in [-0.4, -0.2) is 4.92 Å². The van der Waals surface area contributed by atoms with E-state index in [1.54, 1.807) is 12.1 Å². The van der Waals surface area contributed by atoms with Crippen LogP contribution in [-0.2, 0) is 6.42 Å². The molecule has 25 heavy (non-hydrogen) atoms. The predicted molar refractivity (Wildman–Crippen MR) is 101 cm³/mol. The van der Waals surface area contributed by atoms with Crippen LogP contribution >= 0.6 is 0 Å². The highest BCUT2D eigenvalue weighted by molar-refractivity contribution is 5.86. The van der Waals surface area contributed by atoms with Gasteiger partial charge in [-0.3, -0.25) is 10.1 Å². The van der Waals surface area contributed by atoms with Crippen LogP contribution in [0.5, 0.6) is 0 Å². The molecule has 3 rings (SSSR count). The van der Waals surface area contributed by atoms with Crippen molar-refractivity contribution < 1.29 is 4.92 Å². The molecule has 0 unspecified atom stereocenters. The normalized spacial score (nSPS) is 11.3. The summed E-state index contributed by atoms with van der Waals surface area (Å²) in [7, 11) is 0. The van der Waals surface area contributed by atoms with Gasteiger partial charge in [0.2, 0.25) is 0 Å². The van der Waals surface area contributed by atoms with Gasteiger partial charge in [0.05, 0.1) is 4.92 Å². The Morgan fingerprint density at radius 3 is 2.24 bits per heavy atom. The van der Waals surface area contributed by atoms with Gasteiger partial charge in [0.1, 0.15) is 0 Å². The number of nitro groups is 1. The van der Waals surface area contributed by atoms with Crippen molar-refractivity contribution in [2.45, 2.75) is 6.42 Å². The zero-order valence-corrected chi connectivity index (χ0v) is 13.6. The third kappa shape index (κ3) is 3.93. The topological polar surface area (TPSA) is 69.2 Å². The van der Waals surface area contributed by atoms with Crippen molar-refractivity contribution in [2.75, 3.05) is 5.73 Å². The van der Waals surface area contributed by atoms with Gasteiger partial charge < -0.3 is 5.73 Å². The SMILES string of the molecule is Nc1ccc([N+](=O)[O-])cc1C(=CCc1ccccc1)c1ccccc1. The molecule has 0 radical (unpaired) electrons. The Labute approximate surface area is 146 Å². The highest BCUT2D eigenvalue weighted by atomic mass is 16.6. The Bertz CT molecular complexity index is 904. The van der Waals surface area contributed by atoms with Crippen LogP contribution in [0.4, 0.5) is 11.4 Å². The largest absolute Gasteiger partial charge is 0.398 e. The van der Waals surface area contributed by atoms with Gasteiger partial charge in [-0.05, 0) is 29.2 Å². The quantitative estimate of drug-likeness (QED) is 0.413. The van der Waals surface area contributed by atoms with Gasteiger partial charge >= 0.3 is 0 Å². The second-order valence-electron chi connectivity index (χ2n) is 5.70. The van der Waals surface area contributed by atoms with Crippen LogP contribution in [0.15, 0.2) is 84.9 Å². The van der Waals surface area contributed by atoms with Crippen molar-refractivity contribution in [3.63, 3.8) is 0 Å². The maximum absolute atomic E-state index is 11.1. The summed E-state index contributed by atoms with van der Waals surface area (Å²) in [4.78, 5) is 10.7. The molecule has 3 aromatic rings. The average molecular weight is 330 g/mol. The van der Waals surface area contributed by atoms with Crippen LogP contribution in [0.3, 0.4) is 0 Å². The summed E-state index contributed by atoms with van der Waals surface area (Å²) in [6.07, 6.45) is 2.79. The average Bonchev–Trinajstić information content (AvgIpc) is 2.65. The lowest BCUT2D eigenvalue weighted by atomic mass is 9.94. The Hall–Kier alpha value is -3.40. The van der Waals surface area contributed by atoms with Gasteiger partial charge in [-0.1, -0.05) is 66.7 Å². The predicted octanol–water partition coefficient (Wildman–Crippen LogP) is 4.85. The molecule has 0 amide bonds. The van der Waals surface area contributed by atoms with E-state index in [1.165, 1.54) is 11.6 Å². The number of anilines is 1. The highest BCUT2D eigenvalue weighted by Gasteiger charge is 2.14. The lowest BCUT2D eigenvalue weighted by Gasteiger charge is -2.12. The molecule has 0 saturated carbocycles. The Morgan fingerprint density at radius 2 is 1.60 bits per heavy atom. The van der Waals surface area contributed by atoms with Gasteiger partial charge in [0, 0.05) is 23.4 Å². The molecule has 4 nitrogen and oxygen atoms in total. The van der Waals surface area contributed by atoms with Crippen LogP contribution in [0.2, 0.25) is 0 Å². The Kier molecular flexibility index (Phi) is 4.90. The zero-order valence-electron chi connectivity index (χ0n) is 13.6. The lowest BCUT2D eigenvalue weighted by molar-refractivity contribution is -0.384. The molecule has 2 N–H and O–H groups in total. The fourth-order valence-electron chi connectivity index (χ4n) is 2.73. The summed E-state index contributed by atoms with van der Waals surface area (Å²) in [6, 6.07) is 24.4. The first-order chi connectivity index (χ1) is 12.1. The van der Waals surface area contributed by atoms with Crippen molar-refractivity contribution in [2.24, 2.45) is 0 Å². The van der Waals surface area contributed by atoms with E-state index in [2.05, 4.69) is 18.2 Å². The van der Waals surface area contributed by atoms with Crippen molar-refractivity contribution in [3.05, 3.63) is 112 Å². The summed E-state index contributed by atoms with van der Waals surface area (Å²) < 4.78 is 0. The molecule has 0 aromatic heterocycles. The van der Waals surface area contributed by atoms with Gasteiger partial charge in [-0.2, -0.15) is 0 Å². The number of nitrogen functional groups attached to an aromatic ring is 1. The van der Waals surface area contributed by atoms with Gasteiger partial charge in [-0.15, -0.1) is 0 Å². The molecular formula is C21H18N2O2. The number of benzene rings is 3. The second kappa shape index (κ2) is 7.45. The first-order valence-corrected chi connectivity index (χ1v) is 7.99. The summed E-state index contributed by atoms with van der Waals surface area (Å²) >= 11 is 0. The number of hydrogen-bond donors (Lipinski definition) is 1. The molecule has 124 valence electrons. The molecule has 4 heteroatoms. The molecule has 0 spiro atoms. The molecule has 0 aliphatic carbocycles. The number of rotatable bonds is 5. The maximum atomic E-state index is 11.1. The van der Waals surface area contributed by atoms with Crippen molar-refractivity contribution in [1.29, 1.82) is 0 Å². The minimum Gasteiger partial charge on any atom is -0.398 e. The van der Waals surface area contributed by atoms with Gasteiger partial charge in [0.15, 0.2) is 0 Å². The summed E-state index contributed by atoms with van der Waals surface area (Å²) in [5.41, 5.74) is 10.4. The summed E-state index contributed by atoms with van der Waals surface area (Å²) in [6.45, 7) is 0. The van der Waals surface area contributed by atoms with E-state index in [0.29, 0.717) is 17.7 Å². The second-order valence-corrected chi connectivity index (χ2v) is 5.70. The highest BCUT2D eigenvalue weighted by Crippen LogP contribution is 2.31. The number of nitrogens with two attached hydrogens (primary N) is 1. The summed E-state index contributed by atoms with van der Waals surface area (Å²) in [5.74, 6) is 0. The number of hydrogen-bond acceptors (Lipinski definition) is 3. The van der Waals surface area contributed by atoms with Gasteiger partial charge in [0.25, 0.3) is 5.69 Å². The minimum absolute atomic E-state index is 0.0331. The van der Waals surface area contributed by atoms with Crippen LogP contribution in [0.25, 0.3) is 5.57 Å². The van der Waals surface area contributed by atoms with E-state index >= 15 is 0 Å². The molecule has 0 bridgehead atoms. The Morgan fingerprint density at radius 1 is 0.960 bits per heavy atom. The van der Waals surface area contributed by atoms with E-state index in [4.69, 9.17) is 5.73 Å². The fraction of sp³-hybridized carbons (Fsp3) is 0.0476. The molecule has 0 fully saturated rings. The van der Waals surface area contributed by atoms with Crippen LogP contribution in [0.1, 0.15) is 16.7 Å².